The number of carboxylic acid groups (broad SMARTS) is 1. The first-order valence-electron chi connectivity index (χ1n) is 6.89. The molecule has 0 fully saturated rings. The number of anilines is 1. The van der Waals surface area contributed by atoms with Crippen LogP contribution < -0.4 is 4.90 Å². The summed E-state index contributed by atoms with van der Waals surface area (Å²) >= 11 is 0. The van der Waals surface area contributed by atoms with E-state index in [1.54, 1.807) is 10.9 Å². The third-order valence-corrected chi connectivity index (χ3v) is 3.27. The molecule has 6 nitrogen and oxygen atoms in total. The Morgan fingerprint density at radius 2 is 1.95 bits per heavy atom. The molecule has 2 aromatic rings. The number of hydrogen-bond acceptors (Lipinski definition) is 4. The van der Waals surface area contributed by atoms with E-state index in [0.29, 0.717) is 5.65 Å². The van der Waals surface area contributed by atoms with Crippen LogP contribution in [-0.2, 0) is 7.05 Å². The molecule has 0 aliphatic rings. The predicted octanol–water partition coefficient (Wildman–Crippen LogP) is 2.29. The molecule has 0 atom stereocenters. The van der Waals surface area contributed by atoms with Crippen LogP contribution in [0, 0.1) is 0 Å². The molecular weight excluding hydrogens is 256 g/mol. The SMILES string of the molecule is CCCN(CCC)c1c(C(=O)O)cnc2c1cnn2C. The predicted molar refractivity (Wildman–Crippen MR) is 78.3 cm³/mol. The molecule has 108 valence electrons. The topological polar surface area (TPSA) is 71.2 Å². The molecule has 0 aromatic carbocycles. The number of aryl methyl sites for hydroxylation is 1. The smallest absolute Gasteiger partial charge is 0.339 e. The Labute approximate surface area is 118 Å². The number of hydrogen-bond donors (Lipinski definition) is 1. The van der Waals surface area contributed by atoms with Gasteiger partial charge in [0.25, 0.3) is 0 Å². The summed E-state index contributed by atoms with van der Waals surface area (Å²) < 4.78 is 1.67. The van der Waals surface area contributed by atoms with Gasteiger partial charge >= 0.3 is 5.97 Å². The van der Waals surface area contributed by atoms with Crippen LogP contribution in [0.1, 0.15) is 37.0 Å². The highest BCUT2D eigenvalue weighted by atomic mass is 16.4. The van der Waals surface area contributed by atoms with Gasteiger partial charge in [-0.1, -0.05) is 13.8 Å². The molecule has 0 aliphatic carbocycles. The van der Waals surface area contributed by atoms with Crippen LogP contribution in [0.4, 0.5) is 5.69 Å². The Balaban J connectivity index is 2.67. The maximum atomic E-state index is 11.5. The maximum Gasteiger partial charge on any atom is 0.339 e. The Morgan fingerprint density at radius 1 is 1.30 bits per heavy atom. The van der Waals surface area contributed by atoms with Gasteiger partial charge in [0.15, 0.2) is 5.65 Å². The van der Waals surface area contributed by atoms with Crippen LogP contribution in [0.5, 0.6) is 0 Å². The fourth-order valence-corrected chi connectivity index (χ4v) is 2.46. The van der Waals surface area contributed by atoms with Gasteiger partial charge in [-0.15, -0.1) is 0 Å². The molecule has 0 amide bonds. The second-order valence-electron chi connectivity index (χ2n) is 4.82. The minimum Gasteiger partial charge on any atom is -0.478 e. The number of carbonyl (C=O) groups is 1. The van der Waals surface area contributed by atoms with E-state index in [2.05, 4.69) is 28.8 Å². The van der Waals surface area contributed by atoms with Crippen molar-refractivity contribution in [3.05, 3.63) is 18.0 Å². The zero-order valence-corrected chi connectivity index (χ0v) is 12.1. The van der Waals surface area contributed by atoms with E-state index < -0.39 is 5.97 Å². The third kappa shape index (κ3) is 2.45. The number of aromatic nitrogens is 3. The molecule has 2 heterocycles. The van der Waals surface area contributed by atoms with Crippen LogP contribution in [0.15, 0.2) is 12.4 Å². The molecule has 0 saturated heterocycles. The average Bonchev–Trinajstić information content (AvgIpc) is 2.79. The molecule has 2 rings (SSSR count). The minimum atomic E-state index is -0.949. The first-order valence-corrected chi connectivity index (χ1v) is 6.89. The van der Waals surface area contributed by atoms with Crippen molar-refractivity contribution in [3.63, 3.8) is 0 Å². The Hall–Kier alpha value is -2.11. The lowest BCUT2D eigenvalue weighted by atomic mass is 10.1. The van der Waals surface area contributed by atoms with Crippen molar-refractivity contribution in [1.29, 1.82) is 0 Å². The molecule has 0 radical (unpaired) electrons. The van der Waals surface area contributed by atoms with Crippen molar-refractivity contribution >= 4 is 22.7 Å². The summed E-state index contributed by atoms with van der Waals surface area (Å²) in [5.41, 5.74) is 1.69. The fraction of sp³-hybridized carbons (Fsp3) is 0.500. The van der Waals surface area contributed by atoms with E-state index in [1.807, 2.05) is 7.05 Å². The second kappa shape index (κ2) is 5.90. The van der Waals surface area contributed by atoms with E-state index >= 15 is 0 Å². The number of carboxylic acids is 1. The zero-order chi connectivity index (χ0) is 14.7. The summed E-state index contributed by atoms with van der Waals surface area (Å²) in [6.07, 6.45) is 5.05. The lowest BCUT2D eigenvalue weighted by Crippen LogP contribution is -2.27. The van der Waals surface area contributed by atoms with Crippen molar-refractivity contribution < 1.29 is 9.90 Å². The van der Waals surface area contributed by atoms with Crippen LogP contribution in [-0.4, -0.2) is 38.9 Å². The second-order valence-corrected chi connectivity index (χ2v) is 4.82. The Bertz CT molecular complexity index is 615. The minimum absolute atomic E-state index is 0.243. The molecule has 0 saturated carbocycles. The quantitative estimate of drug-likeness (QED) is 0.876. The van der Waals surface area contributed by atoms with Gasteiger partial charge in [0.2, 0.25) is 0 Å². The standard InChI is InChI=1S/C14H20N4O2/c1-4-6-18(7-5-2)12-10-9-16-17(3)13(10)15-8-11(12)14(19)20/h8-9H,4-7H2,1-3H3,(H,19,20). The summed E-state index contributed by atoms with van der Waals surface area (Å²) in [7, 11) is 1.81. The normalized spacial score (nSPS) is 10.9. The number of fused-ring (bicyclic) bond motifs is 1. The highest BCUT2D eigenvalue weighted by molar-refractivity contribution is 6.03. The molecular formula is C14H20N4O2. The molecule has 20 heavy (non-hydrogen) atoms. The first kappa shape index (κ1) is 14.3. The van der Waals surface area contributed by atoms with E-state index in [0.717, 1.165) is 37.0 Å². The third-order valence-electron chi connectivity index (χ3n) is 3.27. The molecule has 0 bridgehead atoms. The largest absolute Gasteiger partial charge is 0.478 e. The summed E-state index contributed by atoms with van der Waals surface area (Å²) in [5.74, 6) is -0.949. The van der Waals surface area contributed by atoms with Crippen molar-refractivity contribution in [2.75, 3.05) is 18.0 Å². The van der Waals surface area contributed by atoms with E-state index in [4.69, 9.17) is 0 Å². The monoisotopic (exact) mass is 276 g/mol. The van der Waals surface area contributed by atoms with Crippen molar-refractivity contribution in [3.8, 4) is 0 Å². The molecule has 0 aliphatic heterocycles. The van der Waals surface area contributed by atoms with Gasteiger partial charge in [0.05, 0.1) is 17.3 Å². The van der Waals surface area contributed by atoms with Crippen LogP contribution in [0.2, 0.25) is 0 Å². The summed E-state index contributed by atoms with van der Waals surface area (Å²) in [5, 5.41) is 14.4. The van der Waals surface area contributed by atoms with E-state index in [1.165, 1.54) is 6.20 Å². The van der Waals surface area contributed by atoms with Gasteiger partial charge in [-0.05, 0) is 12.8 Å². The summed E-state index contributed by atoms with van der Waals surface area (Å²) in [4.78, 5) is 17.8. The molecule has 2 aromatic heterocycles. The highest BCUT2D eigenvalue weighted by Crippen LogP contribution is 2.29. The fourth-order valence-electron chi connectivity index (χ4n) is 2.46. The van der Waals surface area contributed by atoms with Gasteiger partial charge in [-0.3, -0.25) is 4.68 Å². The van der Waals surface area contributed by atoms with Crippen molar-refractivity contribution in [2.24, 2.45) is 7.05 Å². The summed E-state index contributed by atoms with van der Waals surface area (Å²) in [6, 6.07) is 0. The lowest BCUT2D eigenvalue weighted by Gasteiger charge is -2.25. The number of rotatable bonds is 6. The lowest BCUT2D eigenvalue weighted by molar-refractivity contribution is 0.0697. The van der Waals surface area contributed by atoms with Crippen LogP contribution >= 0.6 is 0 Å². The highest BCUT2D eigenvalue weighted by Gasteiger charge is 2.21. The van der Waals surface area contributed by atoms with Crippen molar-refractivity contribution in [1.82, 2.24) is 14.8 Å². The van der Waals surface area contributed by atoms with Gasteiger partial charge in [0.1, 0.15) is 5.56 Å². The van der Waals surface area contributed by atoms with Gasteiger partial charge < -0.3 is 10.0 Å². The van der Waals surface area contributed by atoms with E-state index in [-0.39, 0.29) is 5.56 Å². The molecule has 0 spiro atoms. The Morgan fingerprint density at radius 3 is 2.50 bits per heavy atom. The van der Waals surface area contributed by atoms with Crippen molar-refractivity contribution in [2.45, 2.75) is 26.7 Å². The van der Waals surface area contributed by atoms with Crippen LogP contribution in [0.3, 0.4) is 0 Å². The first-order chi connectivity index (χ1) is 9.60. The summed E-state index contributed by atoms with van der Waals surface area (Å²) in [6.45, 7) is 5.82. The zero-order valence-electron chi connectivity index (χ0n) is 12.1. The Kier molecular flexibility index (Phi) is 4.22. The van der Waals surface area contributed by atoms with Gasteiger partial charge in [0, 0.05) is 26.3 Å². The van der Waals surface area contributed by atoms with E-state index in [9.17, 15) is 9.90 Å². The van der Waals surface area contributed by atoms with Gasteiger partial charge in [-0.25, -0.2) is 9.78 Å². The molecule has 6 heteroatoms. The maximum absolute atomic E-state index is 11.5. The number of pyridine rings is 1. The molecule has 0 unspecified atom stereocenters. The molecule has 1 N–H and O–H groups in total. The number of aromatic carboxylic acids is 1. The van der Waals surface area contributed by atoms with Crippen LogP contribution in [0.25, 0.3) is 11.0 Å². The van der Waals surface area contributed by atoms with Gasteiger partial charge in [-0.2, -0.15) is 5.10 Å². The average molecular weight is 276 g/mol. The number of nitrogens with zero attached hydrogens (tertiary/aromatic N) is 4.